The van der Waals surface area contributed by atoms with Crippen LogP contribution < -0.4 is 5.73 Å². The number of carboxylic acid groups (broad SMARTS) is 1. The zero-order valence-electron chi connectivity index (χ0n) is 13.2. The van der Waals surface area contributed by atoms with Gasteiger partial charge in [0.1, 0.15) is 17.6 Å². The fourth-order valence-corrected chi connectivity index (χ4v) is 3.32. The van der Waals surface area contributed by atoms with Crippen molar-refractivity contribution in [3.05, 3.63) is 42.6 Å². The van der Waals surface area contributed by atoms with Gasteiger partial charge in [-0.05, 0) is 43.4 Å². The van der Waals surface area contributed by atoms with Crippen LogP contribution >= 0.6 is 0 Å². The molecule has 0 radical (unpaired) electrons. The average Bonchev–Trinajstić information content (AvgIpc) is 3.09. The van der Waals surface area contributed by atoms with E-state index in [0.717, 1.165) is 18.7 Å². The van der Waals surface area contributed by atoms with Crippen molar-refractivity contribution in [2.45, 2.75) is 31.6 Å². The van der Waals surface area contributed by atoms with Crippen LogP contribution in [-0.4, -0.2) is 32.2 Å². The summed E-state index contributed by atoms with van der Waals surface area (Å²) < 4.78 is 1.77. The summed E-state index contributed by atoms with van der Waals surface area (Å²) in [5, 5.41) is 9.77. The first-order valence-electron chi connectivity index (χ1n) is 8.01. The third-order valence-corrected chi connectivity index (χ3v) is 4.97. The second-order valence-corrected chi connectivity index (χ2v) is 6.28. The van der Waals surface area contributed by atoms with Crippen molar-refractivity contribution in [3.63, 3.8) is 0 Å². The first-order chi connectivity index (χ1) is 11.1. The van der Waals surface area contributed by atoms with E-state index in [1.54, 1.807) is 23.3 Å². The van der Waals surface area contributed by atoms with Gasteiger partial charge < -0.3 is 10.8 Å². The van der Waals surface area contributed by atoms with E-state index in [4.69, 9.17) is 5.73 Å². The Morgan fingerprint density at radius 3 is 2.96 bits per heavy atom. The number of hydrogen-bond donors (Lipinski definition) is 2. The van der Waals surface area contributed by atoms with Crippen LogP contribution in [0.1, 0.15) is 31.9 Å². The second-order valence-electron chi connectivity index (χ2n) is 6.28. The number of nitrogens with zero attached hydrogens (tertiary/aromatic N) is 3. The van der Waals surface area contributed by atoms with E-state index < -0.39 is 11.4 Å². The fourth-order valence-electron chi connectivity index (χ4n) is 3.32. The Labute approximate surface area is 135 Å². The lowest BCUT2D eigenvalue weighted by molar-refractivity contribution is -0.140. The zero-order valence-corrected chi connectivity index (χ0v) is 13.2. The predicted octanol–water partition coefficient (Wildman–Crippen LogP) is 1.98. The third-order valence-electron chi connectivity index (χ3n) is 4.97. The van der Waals surface area contributed by atoms with Crippen LogP contribution in [0.25, 0.3) is 5.82 Å². The second kappa shape index (κ2) is 6.12. The topological polar surface area (TPSA) is 94.0 Å². The van der Waals surface area contributed by atoms with Gasteiger partial charge in [-0.25, -0.2) is 9.97 Å². The Bertz CT molecular complexity index is 681. The highest BCUT2D eigenvalue weighted by Crippen LogP contribution is 2.57. The molecule has 0 unspecified atom stereocenters. The number of carbonyl (C=O) groups is 1. The number of pyridine rings is 1. The molecule has 1 aliphatic rings. The largest absolute Gasteiger partial charge is 0.481 e. The smallest absolute Gasteiger partial charge is 0.316 e. The van der Waals surface area contributed by atoms with Crippen LogP contribution in [-0.2, 0) is 10.2 Å². The Hall–Kier alpha value is -2.21. The average molecular weight is 314 g/mol. The van der Waals surface area contributed by atoms with E-state index in [9.17, 15) is 9.90 Å². The first kappa shape index (κ1) is 15.7. The normalized spacial score (nSPS) is 24.3. The number of carboxylic acids is 1. The van der Waals surface area contributed by atoms with Crippen molar-refractivity contribution in [1.29, 1.82) is 0 Å². The summed E-state index contributed by atoms with van der Waals surface area (Å²) in [5.41, 5.74) is 5.53. The third kappa shape index (κ3) is 2.74. The Kier molecular flexibility index (Phi) is 4.17. The van der Waals surface area contributed by atoms with Crippen LogP contribution in [0, 0.1) is 11.8 Å². The van der Waals surface area contributed by atoms with Crippen LogP contribution in [0.3, 0.4) is 0 Å². The van der Waals surface area contributed by atoms with Crippen LogP contribution in [0.5, 0.6) is 0 Å². The molecule has 1 aliphatic carbocycles. The minimum atomic E-state index is -0.859. The predicted molar refractivity (Wildman–Crippen MR) is 86.2 cm³/mol. The molecule has 1 saturated carbocycles. The highest BCUT2D eigenvalue weighted by atomic mass is 16.4. The molecule has 122 valence electrons. The van der Waals surface area contributed by atoms with Gasteiger partial charge in [-0.15, -0.1) is 0 Å². The molecule has 0 saturated heterocycles. The Morgan fingerprint density at radius 1 is 1.52 bits per heavy atom. The van der Waals surface area contributed by atoms with Gasteiger partial charge in [0.15, 0.2) is 0 Å². The molecule has 23 heavy (non-hydrogen) atoms. The number of aromatic nitrogens is 3. The highest BCUT2D eigenvalue weighted by Gasteiger charge is 2.63. The van der Waals surface area contributed by atoms with Crippen LogP contribution in [0.2, 0.25) is 0 Å². The Morgan fingerprint density at radius 2 is 2.35 bits per heavy atom. The minimum Gasteiger partial charge on any atom is -0.481 e. The standard InChI is InChI=1S/C17H22N4O2/c1-2-12(9-18)7-13-8-17(13,16(22)23)14-10-21(11-20-14)15-5-3-4-6-19-15/h3-6,10-13H,2,7-9,18H2,1H3,(H,22,23)/t12-,13-,17+/m0/s1. The van der Waals surface area contributed by atoms with Gasteiger partial charge in [-0.2, -0.15) is 0 Å². The van der Waals surface area contributed by atoms with Crippen molar-refractivity contribution in [1.82, 2.24) is 14.5 Å². The SMILES string of the molecule is CC[C@H](CN)C[C@H]1C[C@]1(C(=O)O)c1cn(-c2ccccn2)cn1. The van der Waals surface area contributed by atoms with Gasteiger partial charge in [0, 0.05) is 12.4 Å². The Balaban J connectivity index is 1.84. The van der Waals surface area contributed by atoms with Gasteiger partial charge in [0.25, 0.3) is 0 Å². The number of rotatable bonds is 7. The van der Waals surface area contributed by atoms with E-state index >= 15 is 0 Å². The van der Waals surface area contributed by atoms with E-state index in [1.165, 1.54) is 0 Å². The molecule has 0 aromatic carbocycles. The lowest BCUT2D eigenvalue weighted by atomic mass is 9.92. The summed E-state index contributed by atoms with van der Waals surface area (Å²) in [5.74, 6) is 0.428. The van der Waals surface area contributed by atoms with E-state index in [-0.39, 0.29) is 5.92 Å². The molecule has 0 spiro atoms. The number of imidazole rings is 1. The van der Waals surface area contributed by atoms with E-state index in [2.05, 4.69) is 16.9 Å². The molecule has 0 bridgehead atoms. The number of aliphatic carboxylic acids is 1. The summed E-state index contributed by atoms with van der Waals surface area (Å²) in [6, 6.07) is 5.60. The zero-order chi connectivity index (χ0) is 16.4. The van der Waals surface area contributed by atoms with Crippen LogP contribution in [0.4, 0.5) is 0 Å². The summed E-state index contributed by atoms with van der Waals surface area (Å²) in [6.45, 7) is 2.70. The molecular formula is C17H22N4O2. The molecule has 1 fully saturated rings. The molecule has 6 nitrogen and oxygen atoms in total. The quantitative estimate of drug-likeness (QED) is 0.815. The van der Waals surface area contributed by atoms with Crippen molar-refractivity contribution in [2.75, 3.05) is 6.54 Å². The molecule has 0 aliphatic heterocycles. The van der Waals surface area contributed by atoms with Crippen molar-refractivity contribution in [3.8, 4) is 5.82 Å². The molecule has 6 heteroatoms. The van der Waals surface area contributed by atoms with Crippen molar-refractivity contribution >= 4 is 5.97 Å². The molecular weight excluding hydrogens is 292 g/mol. The summed E-state index contributed by atoms with van der Waals surface area (Å²) in [7, 11) is 0. The molecule has 0 amide bonds. The maximum Gasteiger partial charge on any atom is 0.316 e. The van der Waals surface area contributed by atoms with Gasteiger partial charge >= 0.3 is 5.97 Å². The molecule has 3 N–H and O–H groups in total. The summed E-state index contributed by atoms with van der Waals surface area (Å²) in [4.78, 5) is 20.5. The van der Waals surface area contributed by atoms with E-state index in [0.29, 0.717) is 24.6 Å². The lowest BCUT2D eigenvalue weighted by Crippen LogP contribution is -2.25. The first-order valence-corrected chi connectivity index (χ1v) is 8.01. The molecule has 3 atom stereocenters. The molecule has 3 rings (SSSR count). The van der Waals surface area contributed by atoms with Gasteiger partial charge in [-0.1, -0.05) is 19.4 Å². The summed E-state index contributed by atoms with van der Waals surface area (Å²) >= 11 is 0. The van der Waals surface area contributed by atoms with Gasteiger partial charge in [0.2, 0.25) is 0 Å². The number of nitrogens with two attached hydrogens (primary N) is 1. The molecule has 2 heterocycles. The monoisotopic (exact) mass is 314 g/mol. The van der Waals surface area contributed by atoms with Crippen molar-refractivity contribution < 1.29 is 9.90 Å². The van der Waals surface area contributed by atoms with E-state index in [1.807, 2.05) is 18.2 Å². The molecule has 2 aromatic rings. The number of hydrogen-bond acceptors (Lipinski definition) is 4. The van der Waals surface area contributed by atoms with Crippen LogP contribution in [0.15, 0.2) is 36.9 Å². The maximum atomic E-state index is 11.9. The maximum absolute atomic E-state index is 11.9. The van der Waals surface area contributed by atoms with Crippen molar-refractivity contribution in [2.24, 2.45) is 17.6 Å². The lowest BCUT2D eigenvalue weighted by Gasteiger charge is -2.14. The minimum absolute atomic E-state index is 0.112. The summed E-state index contributed by atoms with van der Waals surface area (Å²) in [6.07, 6.45) is 7.59. The van der Waals surface area contributed by atoms with Gasteiger partial charge in [0.05, 0.1) is 5.69 Å². The highest BCUT2D eigenvalue weighted by molar-refractivity contribution is 5.85. The molecule has 2 aromatic heterocycles. The van der Waals surface area contributed by atoms with Gasteiger partial charge in [-0.3, -0.25) is 9.36 Å². The fraction of sp³-hybridized carbons (Fsp3) is 0.471.